The molecular weight excluding hydrogens is 564 g/mol. The van der Waals surface area contributed by atoms with Crippen LogP contribution in [0, 0.1) is 5.82 Å². The molecule has 3 aromatic heterocycles. The van der Waals surface area contributed by atoms with E-state index in [1.807, 2.05) is 6.07 Å². The third-order valence-electron chi connectivity index (χ3n) is 5.92. The molecule has 0 spiro atoms. The van der Waals surface area contributed by atoms with Crippen molar-refractivity contribution in [3.05, 3.63) is 72.0 Å². The quantitative estimate of drug-likeness (QED) is 0.158. The van der Waals surface area contributed by atoms with Crippen LogP contribution in [0.25, 0.3) is 45.2 Å². The molecule has 3 heterocycles. The number of benzene rings is 2. The van der Waals surface area contributed by atoms with Crippen LogP contribution in [0.3, 0.4) is 0 Å². The van der Waals surface area contributed by atoms with Crippen molar-refractivity contribution >= 4 is 27.2 Å². The smallest absolute Gasteiger partial charge is 0.369 e. The maximum absolute atomic E-state index is 14.8. The summed E-state index contributed by atoms with van der Waals surface area (Å²) in [6.45, 7) is 2.68. The molecule has 41 heavy (non-hydrogen) atoms. The van der Waals surface area contributed by atoms with Crippen molar-refractivity contribution in [2.45, 2.75) is 32.5 Å². The number of fused-ring (bicyclic) bond motifs is 1. The Morgan fingerprint density at radius 2 is 1.68 bits per heavy atom. The monoisotopic (exact) mass is 590 g/mol. The molecule has 0 unspecified atom stereocenters. The Bertz CT molecular complexity index is 1780. The fraction of sp³-hybridized carbons (Fsp3) is 0.222. The number of nitrogen functional groups attached to an aromatic ring is 1. The first kappa shape index (κ1) is 29.7. The van der Waals surface area contributed by atoms with Gasteiger partial charge in [-0.05, 0) is 30.7 Å². The highest BCUT2D eigenvalue weighted by Crippen LogP contribution is 2.40. The molecule has 0 bridgehead atoms. The first-order valence-electron chi connectivity index (χ1n) is 12.3. The number of aromatic nitrogens is 5. The number of nitrogens with two attached hydrogens (primary N) is 1. The zero-order valence-electron chi connectivity index (χ0n) is 21.9. The van der Waals surface area contributed by atoms with E-state index in [9.17, 15) is 26.0 Å². The highest BCUT2D eigenvalue weighted by atomic mass is 32.2. The maximum Gasteiger partial charge on any atom is 0.417 e. The average Bonchev–Trinajstić information content (AvgIpc) is 3.46. The van der Waals surface area contributed by atoms with Gasteiger partial charge < -0.3 is 10.7 Å². The Hall–Kier alpha value is -4.30. The molecule has 5 aromatic rings. The summed E-state index contributed by atoms with van der Waals surface area (Å²) in [5.41, 5.74) is 7.26. The Labute approximate surface area is 232 Å². The molecule has 0 aliphatic rings. The van der Waals surface area contributed by atoms with Gasteiger partial charge in [-0.15, -0.1) is 0 Å². The summed E-state index contributed by atoms with van der Waals surface area (Å²) in [4.78, 5) is 16.5. The number of alkyl halides is 3. The van der Waals surface area contributed by atoms with Crippen molar-refractivity contribution in [3.63, 3.8) is 0 Å². The van der Waals surface area contributed by atoms with E-state index in [2.05, 4.69) is 21.9 Å². The number of anilines is 1. The number of hydrogen-bond acceptors (Lipinski definition) is 6. The summed E-state index contributed by atoms with van der Waals surface area (Å²) < 4.78 is 83.7. The second-order valence-electron chi connectivity index (χ2n) is 9.08. The molecule has 5 rings (SSSR count). The van der Waals surface area contributed by atoms with Crippen LogP contribution in [0.1, 0.15) is 25.3 Å². The van der Waals surface area contributed by atoms with Gasteiger partial charge in [0.2, 0.25) is 5.95 Å². The van der Waals surface area contributed by atoms with Crippen molar-refractivity contribution in [1.82, 2.24) is 24.5 Å². The van der Waals surface area contributed by atoms with Crippen LogP contribution in [0.4, 0.5) is 23.5 Å². The van der Waals surface area contributed by atoms with E-state index in [0.717, 1.165) is 31.0 Å². The standard InChI is InChI=1S/C26H22F4N6.CH4O3S/c1-2-3-14-36-24-19(33-25(36)31)13-12-18(32-24)22-21(15-8-5-4-6-9-15)34-23(35-22)20-16(26(28,29)30)10-7-11-17(20)27;1-5(2,3)4/h4-13H,2-3,14H2,1H3,(H2,31,33)(H,34,35);1H3,(H,2,3,4). The van der Waals surface area contributed by atoms with E-state index in [0.29, 0.717) is 52.6 Å². The molecule has 0 aliphatic carbocycles. The average molecular weight is 591 g/mol. The molecule has 14 heteroatoms. The number of H-pyrrole nitrogens is 1. The topological polar surface area (TPSA) is 140 Å². The molecule has 0 saturated carbocycles. The number of imidazole rings is 2. The normalized spacial score (nSPS) is 11.9. The van der Waals surface area contributed by atoms with Crippen molar-refractivity contribution < 1.29 is 30.5 Å². The van der Waals surface area contributed by atoms with Gasteiger partial charge in [-0.1, -0.05) is 49.7 Å². The van der Waals surface area contributed by atoms with Crippen LogP contribution in [0.15, 0.2) is 60.7 Å². The summed E-state index contributed by atoms with van der Waals surface area (Å²) >= 11 is 0. The van der Waals surface area contributed by atoms with Crippen LogP contribution in [-0.2, 0) is 22.8 Å². The molecule has 0 amide bonds. The Kier molecular flexibility index (Phi) is 8.44. The molecule has 0 saturated heterocycles. The lowest BCUT2D eigenvalue weighted by Crippen LogP contribution is -2.09. The van der Waals surface area contributed by atoms with Crippen LogP contribution in [0.2, 0.25) is 0 Å². The zero-order chi connectivity index (χ0) is 29.9. The van der Waals surface area contributed by atoms with Gasteiger partial charge in [-0.25, -0.2) is 19.3 Å². The Morgan fingerprint density at radius 3 is 2.32 bits per heavy atom. The van der Waals surface area contributed by atoms with Gasteiger partial charge >= 0.3 is 6.18 Å². The Morgan fingerprint density at radius 1 is 1.00 bits per heavy atom. The third-order valence-corrected chi connectivity index (χ3v) is 5.92. The van der Waals surface area contributed by atoms with Gasteiger partial charge in [-0.3, -0.25) is 9.12 Å². The van der Waals surface area contributed by atoms with E-state index in [1.54, 1.807) is 41.0 Å². The number of pyridine rings is 1. The number of aromatic amines is 1. The van der Waals surface area contributed by atoms with Crippen molar-refractivity contribution in [2.75, 3.05) is 12.0 Å². The molecule has 4 N–H and O–H groups in total. The second kappa shape index (κ2) is 11.7. The molecule has 0 radical (unpaired) electrons. The number of nitrogens with zero attached hydrogens (tertiary/aromatic N) is 4. The van der Waals surface area contributed by atoms with Crippen LogP contribution >= 0.6 is 0 Å². The number of aryl methyl sites for hydroxylation is 1. The number of hydrogen-bond donors (Lipinski definition) is 3. The fourth-order valence-corrected chi connectivity index (χ4v) is 4.18. The number of nitrogens with one attached hydrogen (secondary N) is 1. The van der Waals surface area contributed by atoms with Gasteiger partial charge in [0.05, 0.1) is 34.5 Å². The minimum atomic E-state index is -4.77. The van der Waals surface area contributed by atoms with Crippen molar-refractivity contribution in [3.8, 4) is 34.0 Å². The lowest BCUT2D eigenvalue weighted by Gasteiger charge is -2.11. The summed E-state index contributed by atoms with van der Waals surface area (Å²) in [5, 5.41) is 0. The lowest BCUT2D eigenvalue weighted by atomic mass is 10.1. The summed E-state index contributed by atoms with van der Waals surface area (Å²) in [5.74, 6) is -0.938. The second-order valence-corrected chi connectivity index (χ2v) is 10.5. The fourth-order valence-electron chi connectivity index (χ4n) is 4.18. The maximum atomic E-state index is 14.8. The summed E-state index contributed by atoms with van der Waals surface area (Å²) in [6.07, 6.45) is -2.23. The molecule has 0 aliphatic heterocycles. The van der Waals surface area contributed by atoms with Gasteiger partial charge in [0.1, 0.15) is 17.2 Å². The van der Waals surface area contributed by atoms with E-state index in [-0.39, 0.29) is 5.82 Å². The van der Waals surface area contributed by atoms with Gasteiger partial charge in [-0.2, -0.15) is 21.6 Å². The lowest BCUT2D eigenvalue weighted by molar-refractivity contribution is -0.137. The van der Waals surface area contributed by atoms with E-state index >= 15 is 0 Å². The van der Waals surface area contributed by atoms with Crippen LogP contribution in [-0.4, -0.2) is 43.7 Å². The van der Waals surface area contributed by atoms with Crippen LogP contribution < -0.4 is 5.73 Å². The molecule has 0 atom stereocenters. The summed E-state index contributed by atoms with van der Waals surface area (Å²) in [7, 11) is -3.67. The van der Waals surface area contributed by atoms with Gasteiger partial charge in [0.15, 0.2) is 5.65 Å². The van der Waals surface area contributed by atoms with Crippen LogP contribution in [0.5, 0.6) is 0 Å². The number of unbranched alkanes of at least 4 members (excludes halogenated alkanes) is 1. The van der Waals surface area contributed by atoms with E-state index in [1.165, 1.54) is 0 Å². The predicted molar refractivity (Wildman–Crippen MR) is 148 cm³/mol. The molecule has 216 valence electrons. The highest BCUT2D eigenvalue weighted by molar-refractivity contribution is 7.85. The molecule has 9 nitrogen and oxygen atoms in total. The molecule has 2 aromatic carbocycles. The van der Waals surface area contributed by atoms with E-state index in [4.69, 9.17) is 15.3 Å². The van der Waals surface area contributed by atoms with Gasteiger partial charge in [0, 0.05) is 12.1 Å². The van der Waals surface area contributed by atoms with Crippen molar-refractivity contribution in [1.29, 1.82) is 0 Å². The highest BCUT2D eigenvalue weighted by Gasteiger charge is 2.36. The predicted octanol–water partition coefficient (Wildman–Crippen LogP) is 6.20. The van der Waals surface area contributed by atoms with E-state index < -0.39 is 33.2 Å². The summed E-state index contributed by atoms with van der Waals surface area (Å²) in [6, 6.07) is 15.2. The molecule has 0 fully saturated rings. The number of rotatable bonds is 6. The minimum Gasteiger partial charge on any atom is -0.369 e. The van der Waals surface area contributed by atoms with Gasteiger partial charge in [0.25, 0.3) is 10.1 Å². The molecular formula is C27H26F4N6O3S. The first-order valence-corrected chi connectivity index (χ1v) is 14.2. The largest absolute Gasteiger partial charge is 0.417 e. The SMILES string of the molecule is CCCCn1c(N)nc2ccc(-c3[nH]c(-c4c(F)cccc4C(F)(F)F)nc3-c3ccccc3)nc21.CS(=O)(=O)O. The number of halogens is 4. The first-order chi connectivity index (χ1) is 19.3. The minimum absolute atomic E-state index is 0.241. The Balaban J connectivity index is 0.000000714. The van der Waals surface area contributed by atoms with Crippen molar-refractivity contribution in [2.24, 2.45) is 0 Å². The third kappa shape index (κ3) is 6.89. The zero-order valence-corrected chi connectivity index (χ0v) is 22.8.